The van der Waals surface area contributed by atoms with Crippen LogP contribution in [0.15, 0.2) is 53.1 Å². The van der Waals surface area contributed by atoms with Crippen LogP contribution in [0.25, 0.3) is 11.5 Å². The van der Waals surface area contributed by atoms with Gasteiger partial charge in [0.1, 0.15) is 5.75 Å². The number of hydrogen-bond donors (Lipinski definition) is 1. The van der Waals surface area contributed by atoms with Crippen molar-refractivity contribution in [3.05, 3.63) is 65.5 Å². The van der Waals surface area contributed by atoms with Crippen molar-refractivity contribution >= 4 is 5.97 Å². The van der Waals surface area contributed by atoms with Gasteiger partial charge in [-0.05, 0) is 55.8 Å². The lowest BCUT2D eigenvalue weighted by Crippen LogP contribution is -2.34. The molecule has 1 heterocycles. The molecule has 0 radical (unpaired) electrons. The summed E-state index contributed by atoms with van der Waals surface area (Å²) in [5.41, 5.74) is -1.89. The van der Waals surface area contributed by atoms with Crippen LogP contribution >= 0.6 is 0 Å². The van der Waals surface area contributed by atoms with Crippen molar-refractivity contribution in [2.24, 2.45) is 0 Å². The molecule has 0 aliphatic carbocycles. The minimum atomic E-state index is -4.42. The standard InChI is InChI=1S/C21H19F3N2O5/c1-3-29-19(27)20(2,28)14-8-10-16(11-9-14)30-12-17-25-18(31-26-17)13-4-6-15(7-5-13)21(22,23)24/h4-11,28H,3,12H2,1-2H3. The highest BCUT2D eigenvalue weighted by Gasteiger charge is 2.34. The lowest BCUT2D eigenvalue weighted by atomic mass is 9.96. The summed E-state index contributed by atoms with van der Waals surface area (Å²) in [6.45, 7) is 3.07. The van der Waals surface area contributed by atoms with Crippen LogP contribution in [0.5, 0.6) is 5.75 Å². The SMILES string of the molecule is CCOC(=O)C(C)(O)c1ccc(OCc2noc(-c3ccc(C(F)(F)F)cc3)n2)cc1. The molecule has 1 unspecified atom stereocenters. The lowest BCUT2D eigenvalue weighted by molar-refractivity contribution is -0.164. The molecule has 1 N–H and O–H groups in total. The number of carbonyl (C=O) groups excluding carboxylic acids is 1. The number of nitrogens with zero attached hydrogens (tertiary/aromatic N) is 2. The van der Waals surface area contributed by atoms with Gasteiger partial charge in [-0.1, -0.05) is 17.3 Å². The Morgan fingerprint density at radius 1 is 1.06 bits per heavy atom. The van der Waals surface area contributed by atoms with Gasteiger partial charge in [-0.15, -0.1) is 0 Å². The highest BCUT2D eigenvalue weighted by Crippen LogP contribution is 2.30. The fraction of sp³-hybridized carbons (Fsp3) is 0.286. The molecule has 10 heteroatoms. The Balaban J connectivity index is 1.62. The fourth-order valence-electron chi connectivity index (χ4n) is 2.64. The Hall–Kier alpha value is -3.40. The second-order valence-corrected chi connectivity index (χ2v) is 6.70. The zero-order chi connectivity index (χ0) is 22.6. The zero-order valence-corrected chi connectivity index (χ0v) is 16.6. The number of halogens is 3. The van der Waals surface area contributed by atoms with Gasteiger partial charge < -0.3 is 19.1 Å². The number of alkyl halides is 3. The first kappa shape index (κ1) is 22.3. The van der Waals surface area contributed by atoms with Gasteiger partial charge in [0, 0.05) is 5.56 Å². The Kier molecular flexibility index (Phi) is 6.30. The summed E-state index contributed by atoms with van der Waals surface area (Å²) >= 11 is 0. The van der Waals surface area contributed by atoms with Gasteiger partial charge in [-0.3, -0.25) is 0 Å². The normalized spacial score (nSPS) is 13.5. The molecule has 0 fully saturated rings. The minimum Gasteiger partial charge on any atom is -0.485 e. The summed E-state index contributed by atoms with van der Waals surface area (Å²) in [6, 6.07) is 10.5. The smallest absolute Gasteiger partial charge is 0.416 e. The van der Waals surface area contributed by atoms with Crippen molar-refractivity contribution < 1.29 is 37.1 Å². The summed E-state index contributed by atoms with van der Waals surface area (Å²) in [5.74, 6) is -0.0822. The highest BCUT2D eigenvalue weighted by atomic mass is 19.4. The van der Waals surface area contributed by atoms with Crippen LogP contribution in [0.3, 0.4) is 0 Å². The average Bonchev–Trinajstić information content (AvgIpc) is 3.21. The van der Waals surface area contributed by atoms with Crippen LogP contribution in [0, 0.1) is 0 Å². The Morgan fingerprint density at radius 2 is 1.68 bits per heavy atom. The molecule has 1 atom stereocenters. The maximum atomic E-state index is 12.6. The molecular weight excluding hydrogens is 417 g/mol. The third-order valence-electron chi connectivity index (χ3n) is 4.38. The number of esters is 1. The first-order chi connectivity index (χ1) is 14.6. The van der Waals surface area contributed by atoms with Gasteiger partial charge in [0.05, 0.1) is 12.2 Å². The molecule has 0 aliphatic heterocycles. The Labute approximate surface area is 175 Å². The highest BCUT2D eigenvalue weighted by molar-refractivity contribution is 5.80. The van der Waals surface area contributed by atoms with Crippen molar-refractivity contribution in [3.8, 4) is 17.2 Å². The molecule has 1 aromatic heterocycles. The molecule has 2 aromatic carbocycles. The van der Waals surface area contributed by atoms with Gasteiger partial charge in [0.2, 0.25) is 5.82 Å². The third-order valence-corrected chi connectivity index (χ3v) is 4.38. The number of carbonyl (C=O) groups is 1. The summed E-state index contributed by atoms with van der Waals surface area (Å²) in [6.07, 6.45) is -4.42. The first-order valence-corrected chi connectivity index (χ1v) is 9.24. The number of aliphatic hydroxyl groups is 1. The third kappa shape index (κ3) is 5.21. The van der Waals surface area contributed by atoms with Crippen LogP contribution < -0.4 is 4.74 Å². The molecule has 164 valence electrons. The predicted molar refractivity (Wildman–Crippen MR) is 102 cm³/mol. The molecule has 0 spiro atoms. The quantitative estimate of drug-likeness (QED) is 0.557. The van der Waals surface area contributed by atoms with Crippen LogP contribution in [-0.2, 0) is 27.9 Å². The summed E-state index contributed by atoms with van der Waals surface area (Å²) in [5, 5.41) is 14.1. The van der Waals surface area contributed by atoms with E-state index in [1.807, 2.05) is 0 Å². The van der Waals surface area contributed by atoms with E-state index in [1.54, 1.807) is 19.1 Å². The van der Waals surface area contributed by atoms with E-state index in [0.717, 1.165) is 12.1 Å². The van der Waals surface area contributed by atoms with Crippen molar-refractivity contribution in [2.75, 3.05) is 6.61 Å². The van der Waals surface area contributed by atoms with Gasteiger partial charge in [0.25, 0.3) is 5.89 Å². The monoisotopic (exact) mass is 436 g/mol. The molecule has 3 aromatic rings. The van der Waals surface area contributed by atoms with Gasteiger partial charge >= 0.3 is 12.1 Å². The van der Waals surface area contributed by atoms with Crippen molar-refractivity contribution in [1.29, 1.82) is 0 Å². The molecule has 0 saturated heterocycles. The first-order valence-electron chi connectivity index (χ1n) is 9.24. The Bertz CT molecular complexity index is 1030. The van der Waals surface area contributed by atoms with Crippen molar-refractivity contribution in [2.45, 2.75) is 32.2 Å². The molecule has 3 rings (SSSR count). The predicted octanol–water partition coefficient (Wildman–Crippen LogP) is 4.11. The van der Waals surface area contributed by atoms with Gasteiger partial charge in [-0.2, -0.15) is 18.2 Å². The van der Waals surface area contributed by atoms with Crippen LogP contribution in [0.1, 0.15) is 30.8 Å². The second-order valence-electron chi connectivity index (χ2n) is 6.70. The second kappa shape index (κ2) is 8.76. The van der Waals surface area contributed by atoms with E-state index in [0.29, 0.717) is 16.9 Å². The van der Waals surface area contributed by atoms with Crippen molar-refractivity contribution in [1.82, 2.24) is 10.1 Å². The van der Waals surface area contributed by atoms with E-state index in [1.165, 1.54) is 31.2 Å². The van der Waals surface area contributed by atoms with E-state index in [-0.39, 0.29) is 24.9 Å². The molecule has 7 nitrogen and oxygen atoms in total. The van der Waals surface area contributed by atoms with Crippen molar-refractivity contribution in [3.63, 3.8) is 0 Å². The summed E-state index contributed by atoms with van der Waals surface area (Å²) < 4.78 is 53.4. The number of aromatic nitrogens is 2. The summed E-state index contributed by atoms with van der Waals surface area (Å²) in [4.78, 5) is 16.0. The molecule has 0 bridgehead atoms. The number of hydrogen-bond acceptors (Lipinski definition) is 7. The Morgan fingerprint density at radius 3 is 2.26 bits per heavy atom. The molecule has 31 heavy (non-hydrogen) atoms. The number of ether oxygens (including phenoxy) is 2. The van der Waals surface area contributed by atoms with Crippen LogP contribution in [-0.4, -0.2) is 27.8 Å². The number of rotatable bonds is 7. The lowest BCUT2D eigenvalue weighted by Gasteiger charge is -2.21. The van der Waals surface area contributed by atoms with E-state index >= 15 is 0 Å². The number of benzene rings is 2. The van der Waals surface area contributed by atoms with Crippen LogP contribution in [0.2, 0.25) is 0 Å². The average molecular weight is 436 g/mol. The molecule has 0 aliphatic rings. The van der Waals surface area contributed by atoms with Gasteiger partial charge in [0.15, 0.2) is 12.2 Å². The zero-order valence-electron chi connectivity index (χ0n) is 16.6. The molecule has 0 saturated carbocycles. The fourth-order valence-corrected chi connectivity index (χ4v) is 2.64. The molecule has 0 amide bonds. The van der Waals surface area contributed by atoms with E-state index in [4.69, 9.17) is 14.0 Å². The maximum Gasteiger partial charge on any atom is 0.416 e. The van der Waals surface area contributed by atoms with Crippen LogP contribution in [0.4, 0.5) is 13.2 Å². The minimum absolute atomic E-state index is 0.0578. The summed E-state index contributed by atoms with van der Waals surface area (Å²) in [7, 11) is 0. The van der Waals surface area contributed by atoms with E-state index < -0.39 is 23.3 Å². The largest absolute Gasteiger partial charge is 0.485 e. The maximum absolute atomic E-state index is 12.6. The molecular formula is C21H19F3N2O5. The van der Waals surface area contributed by atoms with E-state index in [2.05, 4.69) is 10.1 Å². The van der Waals surface area contributed by atoms with Gasteiger partial charge in [-0.25, -0.2) is 4.79 Å². The topological polar surface area (TPSA) is 94.7 Å². The van der Waals surface area contributed by atoms with E-state index in [9.17, 15) is 23.1 Å².